The first-order valence-corrected chi connectivity index (χ1v) is 12.1. The van der Waals surface area contributed by atoms with Gasteiger partial charge in [0.1, 0.15) is 0 Å². The fraction of sp³-hybridized carbons (Fsp3) is 0.480. The van der Waals surface area contributed by atoms with Crippen molar-refractivity contribution in [3.05, 3.63) is 45.8 Å². The summed E-state index contributed by atoms with van der Waals surface area (Å²) in [6, 6.07) is 3.67. The van der Waals surface area contributed by atoms with Gasteiger partial charge in [0, 0.05) is 30.3 Å². The van der Waals surface area contributed by atoms with Crippen LogP contribution in [0.3, 0.4) is 0 Å². The lowest BCUT2D eigenvalue weighted by Crippen LogP contribution is -2.43. The lowest BCUT2D eigenvalue weighted by Gasteiger charge is -2.34. The van der Waals surface area contributed by atoms with E-state index in [-0.39, 0.29) is 47.4 Å². The zero-order valence-electron chi connectivity index (χ0n) is 19.8. The largest absolute Gasteiger partial charge is 0.465 e. The Morgan fingerprint density at radius 1 is 1.24 bits per heavy atom. The lowest BCUT2D eigenvalue weighted by atomic mass is 9.82. The minimum atomic E-state index is -0.752. The first-order chi connectivity index (χ1) is 16.2. The van der Waals surface area contributed by atoms with Crippen LogP contribution >= 0.6 is 15.9 Å². The summed E-state index contributed by atoms with van der Waals surface area (Å²) in [6.45, 7) is 5.63. The molecule has 1 amide bonds. The number of hydrogen-bond donors (Lipinski definition) is 1. The quantitative estimate of drug-likeness (QED) is 0.461. The maximum Gasteiger partial charge on any atom is 0.340 e. The number of amides is 1. The van der Waals surface area contributed by atoms with Gasteiger partial charge in [0.05, 0.1) is 29.4 Å². The Morgan fingerprint density at radius 3 is 2.47 bits per heavy atom. The van der Waals surface area contributed by atoms with E-state index in [9.17, 15) is 14.7 Å². The number of anilines is 1. The third kappa shape index (κ3) is 5.75. The Labute approximate surface area is 207 Å². The van der Waals surface area contributed by atoms with E-state index in [1.54, 1.807) is 6.07 Å². The molecule has 1 heterocycles. The number of nitrogens with zero attached hydrogens (tertiary/aromatic N) is 2. The second-order valence-electron chi connectivity index (χ2n) is 8.94. The highest BCUT2D eigenvalue weighted by molar-refractivity contribution is 9.10. The SMILES string of the molecule is COC(=O)c1cc(Oc2ncc(CO)cc2Br)c(F)cc1N(C(=O)[C@H]1CC[C@H](C)CC1)C(C)C. The Bertz CT molecular complexity index is 1050. The summed E-state index contributed by atoms with van der Waals surface area (Å²) in [5.74, 6) is -1.35. The standard InChI is InChI=1S/C25H30BrFN2O5/c1-14(2)29(24(31)17-7-5-15(3)6-8-17)21-11-20(27)22(10-18(21)25(32)33-4)34-23-19(26)9-16(13-30)12-28-23/h9-12,14-15,17,30H,5-8,13H2,1-4H3/t15-,17-. The van der Waals surface area contributed by atoms with Crippen LogP contribution in [0.25, 0.3) is 0 Å². The van der Waals surface area contributed by atoms with Crippen molar-refractivity contribution in [3.63, 3.8) is 0 Å². The summed E-state index contributed by atoms with van der Waals surface area (Å²) >= 11 is 3.29. The molecule has 0 atom stereocenters. The van der Waals surface area contributed by atoms with E-state index in [4.69, 9.17) is 9.47 Å². The van der Waals surface area contributed by atoms with Crippen molar-refractivity contribution in [1.82, 2.24) is 4.98 Å². The summed E-state index contributed by atoms with van der Waals surface area (Å²) < 4.78 is 26.2. The summed E-state index contributed by atoms with van der Waals surface area (Å²) in [6.07, 6.45) is 4.86. The van der Waals surface area contributed by atoms with Crippen molar-refractivity contribution in [2.75, 3.05) is 12.0 Å². The molecule has 0 spiro atoms. The number of rotatable bonds is 7. The highest BCUT2D eigenvalue weighted by Crippen LogP contribution is 2.37. The van der Waals surface area contributed by atoms with Crippen molar-refractivity contribution < 1.29 is 28.6 Å². The van der Waals surface area contributed by atoms with Crippen LogP contribution in [0.15, 0.2) is 28.9 Å². The van der Waals surface area contributed by atoms with E-state index in [0.717, 1.165) is 31.7 Å². The van der Waals surface area contributed by atoms with E-state index in [0.29, 0.717) is 16.0 Å². The predicted molar refractivity (Wildman–Crippen MR) is 129 cm³/mol. The monoisotopic (exact) mass is 536 g/mol. The topological polar surface area (TPSA) is 89.0 Å². The van der Waals surface area contributed by atoms with E-state index in [2.05, 4.69) is 27.8 Å². The number of aromatic nitrogens is 1. The van der Waals surface area contributed by atoms with E-state index in [1.165, 1.54) is 24.3 Å². The highest BCUT2D eigenvalue weighted by atomic mass is 79.9. The van der Waals surface area contributed by atoms with Gasteiger partial charge in [-0.2, -0.15) is 0 Å². The fourth-order valence-electron chi connectivity index (χ4n) is 4.18. The molecule has 1 aliphatic rings. The Balaban J connectivity index is 2.01. The second-order valence-corrected chi connectivity index (χ2v) is 9.80. The van der Waals surface area contributed by atoms with E-state index < -0.39 is 11.8 Å². The summed E-state index contributed by atoms with van der Waals surface area (Å²) in [4.78, 5) is 31.7. The Morgan fingerprint density at radius 2 is 1.91 bits per heavy atom. The van der Waals surface area contributed by atoms with Crippen LogP contribution in [0.2, 0.25) is 0 Å². The maximum absolute atomic E-state index is 15.2. The van der Waals surface area contributed by atoms with Gasteiger partial charge < -0.3 is 19.5 Å². The molecule has 34 heavy (non-hydrogen) atoms. The van der Waals surface area contributed by atoms with Crippen molar-refractivity contribution in [2.45, 2.75) is 59.1 Å². The highest BCUT2D eigenvalue weighted by Gasteiger charge is 2.33. The number of carbonyl (C=O) groups is 2. The molecule has 1 aromatic carbocycles. The molecule has 7 nitrogen and oxygen atoms in total. The molecule has 0 saturated heterocycles. The normalized spacial score (nSPS) is 18.0. The predicted octanol–water partition coefficient (Wildman–Crippen LogP) is 5.62. The van der Waals surface area contributed by atoms with Crippen molar-refractivity contribution in [3.8, 4) is 11.6 Å². The van der Waals surface area contributed by atoms with Crippen LogP contribution in [0.1, 0.15) is 62.4 Å². The molecule has 1 aromatic heterocycles. The Kier molecular flexibility index (Phi) is 8.65. The number of carbonyl (C=O) groups excluding carboxylic acids is 2. The summed E-state index contributed by atoms with van der Waals surface area (Å²) in [5, 5.41) is 9.25. The van der Waals surface area contributed by atoms with Gasteiger partial charge >= 0.3 is 5.97 Å². The molecule has 1 saturated carbocycles. The van der Waals surface area contributed by atoms with E-state index in [1.807, 2.05) is 13.8 Å². The van der Waals surface area contributed by atoms with Gasteiger partial charge in [0.15, 0.2) is 11.6 Å². The van der Waals surface area contributed by atoms with Crippen LogP contribution in [-0.2, 0) is 16.1 Å². The fourth-order valence-corrected chi connectivity index (χ4v) is 4.66. The van der Waals surface area contributed by atoms with Crippen molar-refractivity contribution >= 4 is 33.5 Å². The van der Waals surface area contributed by atoms with Gasteiger partial charge in [-0.25, -0.2) is 14.2 Å². The van der Waals surface area contributed by atoms with Gasteiger partial charge in [-0.3, -0.25) is 4.79 Å². The number of hydrogen-bond acceptors (Lipinski definition) is 6. The number of benzene rings is 1. The molecule has 1 aliphatic carbocycles. The third-order valence-corrected chi connectivity index (χ3v) is 6.66. The van der Waals surface area contributed by atoms with Crippen molar-refractivity contribution in [2.24, 2.45) is 11.8 Å². The molecule has 0 radical (unpaired) electrons. The third-order valence-electron chi connectivity index (χ3n) is 6.09. The molecule has 0 bridgehead atoms. The van der Waals surface area contributed by atoms with Gasteiger partial charge in [-0.05, 0) is 73.0 Å². The zero-order chi connectivity index (χ0) is 25.0. The number of halogens is 2. The zero-order valence-corrected chi connectivity index (χ0v) is 21.4. The molecule has 1 N–H and O–H groups in total. The van der Waals surface area contributed by atoms with Crippen LogP contribution in [0, 0.1) is 17.7 Å². The minimum absolute atomic E-state index is 0.0215. The minimum Gasteiger partial charge on any atom is -0.465 e. The molecule has 1 fully saturated rings. The molecular weight excluding hydrogens is 507 g/mol. The van der Waals surface area contributed by atoms with Crippen molar-refractivity contribution in [1.29, 1.82) is 0 Å². The number of aliphatic hydroxyl groups is 1. The summed E-state index contributed by atoms with van der Waals surface area (Å²) in [7, 11) is 1.23. The van der Waals surface area contributed by atoms with Crippen LogP contribution in [-0.4, -0.2) is 35.1 Å². The molecular formula is C25H30BrFN2O5. The number of aliphatic hydroxyl groups excluding tert-OH is 1. The number of pyridine rings is 1. The first kappa shape index (κ1) is 26.1. The molecule has 0 unspecified atom stereocenters. The molecule has 2 aromatic rings. The molecule has 9 heteroatoms. The maximum atomic E-state index is 15.2. The molecule has 0 aliphatic heterocycles. The van der Waals surface area contributed by atoms with Crippen LogP contribution < -0.4 is 9.64 Å². The smallest absolute Gasteiger partial charge is 0.340 e. The summed E-state index contributed by atoms with van der Waals surface area (Å²) in [5.41, 5.74) is 0.722. The van der Waals surface area contributed by atoms with Crippen LogP contribution in [0.4, 0.5) is 10.1 Å². The van der Waals surface area contributed by atoms with E-state index >= 15 is 4.39 Å². The number of esters is 1. The molecule has 184 valence electrons. The number of methoxy groups -OCH3 is 1. The lowest BCUT2D eigenvalue weighted by molar-refractivity contribution is -0.123. The average molecular weight is 537 g/mol. The average Bonchev–Trinajstić information content (AvgIpc) is 2.81. The Hall–Kier alpha value is -2.52. The van der Waals surface area contributed by atoms with Gasteiger partial charge in [0.25, 0.3) is 0 Å². The van der Waals surface area contributed by atoms with Gasteiger partial charge in [-0.15, -0.1) is 0 Å². The van der Waals surface area contributed by atoms with Crippen LogP contribution in [0.5, 0.6) is 11.6 Å². The first-order valence-electron chi connectivity index (χ1n) is 11.3. The van der Waals surface area contributed by atoms with Gasteiger partial charge in [-0.1, -0.05) is 6.92 Å². The second kappa shape index (κ2) is 11.3. The molecule has 3 rings (SSSR count). The number of ether oxygens (including phenoxy) is 2. The van der Waals surface area contributed by atoms with Gasteiger partial charge in [0.2, 0.25) is 11.8 Å².